The zero-order chi connectivity index (χ0) is 19.9. The largest absolute Gasteiger partial charge is 0.338 e. The molecule has 2 aromatic rings. The van der Waals surface area contributed by atoms with E-state index in [4.69, 9.17) is 5.73 Å². The van der Waals surface area contributed by atoms with Crippen molar-refractivity contribution < 1.29 is 9.59 Å². The minimum absolute atomic E-state index is 0.0794. The van der Waals surface area contributed by atoms with E-state index in [-0.39, 0.29) is 17.9 Å². The van der Waals surface area contributed by atoms with Crippen LogP contribution in [0.15, 0.2) is 48.8 Å². The van der Waals surface area contributed by atoms with Gasteiger partial charge in [0.2, 0.25) is 5.91 Å². The van der Waals surface area contributed by atoms with Crippen LogP contribution in [0, 0.1) is 0 Å². The summed E-state index contributed by atoms with van der Waals surface area (Å²) in [5.41, 5.74) is 8.57. The molecule has 2 amide bonds. The van der Waals surface area contributed by atoms with E-state index in [0.717, 1.165) is 18.4 Å². The molecule has 0 aliphatic heterocycles. The first-order chi connectivity index (χ1) is 13.5. The Bertz CT molecular complexity index is 786. The van der Waals surface area contributed by atoms with Crippen molar-refractivity contribution in [3.63, 3.8) is 0 Å². The van der Waals surface area contributed by atoms with Crippen LogP contribution >= 0.6 is 0 Å². The van der Waals surface area contributed by atoms with Crippen LogP contribution in [0.25, 0.3) is 0 Å². The second-order valence-electron chi connectivity index (χ2n) is 7.38. The molecule has 0 bridgehead atoms. The van der Waals surface area contributed by atoms with Crippen molar-refractivity contribution in [2.75, 3.05) is 11.9 Å². The molecule has 1 unspecified atom stereocenters. The highest BCUT2D eigenvalue weighted by Gasteiger charge is 2.25. The number of anilines is 1. The van der Waals surface area contributed by atoms with E-state index in [1.54, 1.807) is 43.6 Å². The highest BCUT2D eigenvalue weighted by Crippen LogP contribution is 2.24. The van der Waals surface area contributed by atoms with Crippen LogP contribution in [-0.4, -0.2) is 34.3 Å². The van der Waals surface area contributed by atoms with Gasteiger partial charge in [-0.25, -0.2) is 0 Å². The van der Waals surface area contributed by atoms with Gasteiger partial charge in [0.1, 0.15) is 0 Å². The fraction of sp³-hybridized carbons (Fsp3) is 0.409. The van der Waals surface area contributed by atoms with Gasteiger partial charge in [-0.15, -0.1) is 0 Å². The molecule has 1 aromatic carbocycles. The smallest absolute Gasteiger partial charge is 0.255 e. The number of nitrogens with one attached hydrogen (secondary N) is 1. The number of pyridine rings is 1. The summed E-state index contributed by atoms with van der Waals surface area (Å²) in [6, 6.07) is 10.8. The number of nitrogens with two attached hydrogens (primary N) is 1. The zero-order valence-corrected chi connectivity index (χ0v) is 16.3. The van der Waals surface area contributed by atoms with Gasteiger partial charge in [-0.2, -0.15) is 0 Å². The summed E-state index contributed by atoms with van der Waals surface area (Å²) in [6.07, 6.45) is 8.96. The second-order valence-corrected chi connectivity index (χ2v) is 7.38. The van der Waals surface area contributed by atoms with E-state index in [9.17, 15) is 9.59 Å². The Hall–Kier alpha value is -2.73. The van der Waals surface area contributed by atoms with Crippen molar-refractivity contribution in [3.05, 3.63) is 59.9 Å². The van der Waals surface area contributed by atoms with Gasteiger partial charge in [0, 0.05) is 49.2 Å². The standard InChI is InChI=1S/C22H28N4O2/c1-16(27)26(20-5-3-2-4-6-20)15-21(23)17-7-9-18(10-8-17)22(28)25-19-11-13-24-14-12-19/h7-14,20-21H,2-6,15,23H2,1H3,(H,24,25,28). The maximum atomic E-state index is 12.4. The van der Waals surface area contributed by atoms with Crippen LogP contribution in [0.2, 0.25) is 0 Å². The molecule has 28 heavy (non-hydrogen) atoms. The summed E-state index contributed by atoms with van der Waals surface area (Å²) in [5.74, 6) is -0.102. The number of aromatic nitrogens is 1. The Kier molecular flexibility index (Phi) is 6.76. The van der Waals surface area contributed by atoms with Gasteiger partial charge in [-0.1, -0.05) is 31.4 Å². The lowest BCUT2D eigenvalue weighted by Crippen LogP contribution is -2.44. The first kappa shape index (κ1) is 20.0. The summed E-state index contributed by atoms with van der Waals surface area (Å²) < 4.78 is 0. The number of amides is 2. The lowest BCUT2D eigenvalue weighted by Gasteiger charge is -2.35. The van der Waals surface area contributed by atoms with Gasteiger partial charge in [-0.05, 0) is 42.7 Å². The van der Waals surface area contributed by atoms with Gasteiger partial charge in [0.15, 0.2) is 0 Å². The first-order valence-electron chi connectivity index (χ1n) is 9.88. The minimum atomic E-state index is -0.275. The molecule has 0 radical (unpaired) electrons. The highest BCUT2D eigenvalue weighted by atomic mass is 16.2. The fourth-order valence-electron chi connectivity index (χ4n) is 3.76. The van der Waals surface area contributed by atoms with Crippen LogP contribution in [-0.2, 0) is 4.79 Å². The number of hydrogen-bond donors (Lipinski definition) is 2. The lowest BCUT2D eigenvalue weighted by atomic mass is 9.93. The Morgan fingerprint density at radius 3 is 2.36 bits per heavy atom. The van der Waals surface area contributed by atoms with E-state index in [2.05, 4.69) is 10.3 Å². The molecule has 1 aromatic heterocycles. The Morgan fingerprint density at radius 2 is 1.75 bits per heavy atom. The highest BCUT2D eigenvalue weighted by molar-refractivity contribution is 6.04. The molecule has 1 heterocycles. The van der Waals surface area contributed by atoms with Crippen LogP contribution in [0.5, 0.6) is 0 Å². The van der Waals surface area contributed by atoms with Crippen molar-refractivity contribution in [1.82, 2.24) is 9.88 Å². The number of carbonyl (C=O) groups excluding carboxylic acids is 2. The molecule has 1 saturated carbocycles. The van der Waals surface area contributed by atoms with Crippen LogP contribution in [0.4, 0.5) is 5.69 Å². The van der Waals surface area contributed by atoms with Crippen molar-refractivity contribution in [1.29, 1.82) is 0 Å². The summed E-state index contributed by atoms with van der Waals surface area (Å²) in [4.78, 5) is 30.4. The van der Waals surface area contributed by atoms with Crippen LogP contribution in [0.1, 0.15) is 61.0 Å². The molecule has 1 fully saturated rings. The van der Waals surface area contributed by atoms with Crippen molar-refractivity contribution in [2.24, 2.45) is 5.73 Å². The third-order valence-corrected chi connectivity index (χ3v) is 5.35. The molecule has 1 atom stereocenters. The monoisotopic (exact) mass is 380 g/mol. The maximum absolute atomic E-state index is 12.4. The van der Waals surface area contributed by atoms with E-state index < -0.39 is 0 Å². The van der Waals surface area contributed by atoms with Crippen LogP contribution < -0.4 is 11.1 Å². The molecule has 3 rings (SSSR count). The molecule has 1 aliphatic rings. The zero-order valence-electron chi connectivity index (χ0n) is 16.3. The third kappa shape index (κ3) is 5.16. The SMILES string of the molecule is CC(=O)N(CC(N)c1ccc(C(=O)Nc2ccncc2)cc1)C1CCCCC1. The van der Waals surface area contributed by atoms with E-state index in [0.29, 0.717) is 23.8 Å². The number of benzene rings is 1. The molecule has 6 heteroatoms. The summed E-state index contributed by atoms with van der Waals surface area (Å²) >= 11 is 0. The van der Waals surface area contributed by atoms with Crippen molar-refractivity contribution >= 4 is 17.5 Å². The third-order valence-electron chi connectivity index (χ3n) is 5.35. The molecule has 0 saturated heterocycles. The van der Waals surface area contributed by atoms with Gasteiger partial charge >= 0.3 is 0 Å². The predicted molar refractivity (Wildman–Crippen MR) is 110 cm³/mol. The Labute approximate surface area is 166 Å². The number of rotatable bonds is 6. The van der Waals surface area contributed by atoms with Crippen LogP contribution in [0.3, 0.4) is 0 Å². The van der Waals surface area contributed by atoms with E-state index in [1.807, 2.05) is 17.0 Å². The quantitative estimate of drug-likeness (QED) is 0.803. The van der Waals surface area contributed by atoms with Crippen molar-refractivity contribution in [3.8, 4) is 0 Å². The molecule has 3 N–H and O–H groups in total. The van der Waals surface area contributed by atoms with Crippen molar-refractivity contribution in [2.45, 2.75) is 51.1 Å². The maximum Gasteiger partial charge on any atom is 0.255 e. The molecule has 0 spiro atoms. The normalized spacial score (nSPS) is 15.6. The Morgan fingerprint density at radius 1 is 1.11 bits per heavy atom. The Balaban J connectivity index is 1.63. The second kappa shape index (κ2) is 9.46. The molecule has 148 valence electrons. The van der Waals surface area contributed by atoms with Gasteiger partial charge in [0.05, 0.1) is 0 Å². The van der Waals surface area contributed by atoms with Gasteiger partial charge < -0.3 is 16.0 Å². The molecular weight excluding hydrogens is 352 g/mol. The van der Waals surface area contributed by atoms with Gasteiger partial charge in [0.25, 0.3) is 5.91 Å². The number of carbonyl (C=O) groups is 2. The summed E-state index contributed by atoms with van der Waals surface area (Å²) in [7, 11) is 0. The fourth-order valence-corrected chi connectivity index (χ4v) is 3.76. The number of hydrogen-bond acceptors (Lipinski definition) is 4. The van der Waals surface area contributed by atoms with E-state index in [1.165, 1.54) is 19.3 Å². The average Bonchev–Trinajstić information content (AvgIpc) is 2.73. The average molecular weight is 380 g/mol. The lowest BCUT2D eigenvalue weighted by molar-refractivity contribution is -0.132. The topological polar surface area (TPSA) is 88.3 Å². The first-order valence-corrected chi connectivity index (χ1v) is 9.88. The van der Waals surface area contributed by atoms with E-state index >= 15 is 0 Å². The molecular formula is C22H28N4O2. The summed E-state index contributed by atoms with van der Waals surface area (Å²) in [5, 5.41) is 2.83. The summed E-state index contributed by atoms with van der Waals surface area (Å²) in [6.45, 7) is 2.12. The predicted octanol–water partition coefficient (Wildman–Crippen LogP) is 3.51. The number of nitrogens with zero attached hydrogens (tertiary/aromatic N) is 2. The van der Waals surface area contributed by atoms with Gasteiger partial charge in [-0.3, -0.25) is 14.6 Å². The molecule has 6 nitrogen and oxygen atoms in total. The minimum Gasteiger partial charge on any atom is -0.338 e. The molecule has 1 aliphatic carbocycles.